The lowest BCUT2D eigenvalue weighted by Gasteiger charge is -2.35. The molecule has 2 aromatic heterocycles. The highest BCUT2D eigenvalue weighted by Crippen LogP contribution is 2.49. The van der Waals surface area contributed by atoms with E-state index in [1.54, 1.807) is 33.1 Å². The Bertz CT molecular complexity index is 1760. The Hall–Kier alpha value is -4.20. The molecule has 0 bridgehead atoms. The van der Waals surface area contributed by atoms with Gasteiger partial charge >= 0.3 is 11.9 Å². The summed E-state index contributed by atoms with van der Waals surface area (Å²) in [5, 5.41) is 0.0745. The fraction of sp³-hybridized carbons (Fsp3) is 0.286. The van der Waals surface area contributed by atoms with Crippen LogP contribution in [0.1, 0.15) is 11.6 Å². The van der Waals surface area contributed by atoms with E-state index in [9.17, 15) is 27.2 Å². The normalized spacial score (nSPS) is 17.4. The summed E-state index contributed by atoms with van der Waals surface area (Å²) in [6, 6.07) is 2.94. The van der Waals surface area contributed by atoms with Crippen molar-refractivity contribution in [2.45, 2.75) is 23.7 Å². The summed E-state index contributed by atoms with van der Waals surface area (Å²) >= 11 is 1.07. The van der Waals surface area contributed by atoms with Crippen LogP contribution in [0.2, 0.25) is 0 Å². The molecule has 1 saturated heterocycles. The van der Waals surface area contributed by atoms with Crippen molar-refractivity contribution >= 4 is 34.4 Å². The second-order valence-corrected chi connectivity index (χ2v) is 11.0. The Labute approximate surface area is 240 Å². The van der Waals surface area contributed by atoms with Gasteiger partial charge in [-0.1, -0.05) is 6.58 Å². The third kappa shape index (κ3) is 4.82. The molecule has 218 valence electrons. The number of imidazole rings is 1. The van der Waals surface area contributed by atoms with Crippen LogP contribution in [-0.2, 0) is 17.5 Å². The molecule has 14 heteroatoms. The maximum Gasteiger partial charge on any atom is 0.417 e. The number of hydrogen-bond acceptors (Lipinski definition) is 6. The molecular formula is C28H23F5N6O2S. The van der Waals surface area contributed by atoms with Crippen LogP contribution in [0.3, 0.4) is 0 Å². The molecule has 8 nitrogen and oxygen atoms in total. The number of carbonyl (C=O) groups excluding carboxylic acids is 1. The lowest BCUT2D eigenvalue weighted by molar-refractivity contribution is -0.137. The summed E-state index contributed by atoms with van der Waals surface area (Å²) < 4.78 is 76.4. The molecule has 0 saturated carbocycles. The number of nitrogens with zero attached hydrogens (tertiary/aromatic N) is 6. The number of hydrogen-bond donors (Lipinski definition) is 0. The first-order valence-electron chi connectivity index (χ1n) is 13.0. The molecule has 2 aliphatic heterocycles. The summed E-state index contributed by atoms with van der Waals surface area (Å²) in [7, 11) is 0. The molecule has 2 aromatic carbocycles. The van der Waals surface area contributed by atoms with Gasteiger partial charge in [-0.15, -0.1) is 11.8 Å². The second kappa shape index (κ2) is 10.6. The quantitative estimate of drug-likeness (QED) is 0.248. The van der Waals surface area contributed by atoms with Crippen molar-refractivity contribution in [3.8, 4) is 11.1 Å². The molecule has 42 heavy (non-hydrogen) atoms. The molecule has 0 spiro atoms. The molecule has 1 fully saturated rings. The number of halogens is 5. The van der Waals surface area contributed by atoms with Gasteiger partial charge in [0, 0.05) is 78.3 Å². The van der Waals surface area contributed by atoms with Gasteiger partial charge in [0.1, 0.15) is 17.5 Å². The molecule has 1 atom stereocenters. The van der Waals surface area contributed by atoms with E-state index in [0.29, 0.717) is 6.07 Å². The number of carbonyl (C=O) groups is 1. The zero-order valence-electron chi connectivity index (χ0n) is 21.9. The van der Waals surface area contributed by atoms with Crippen LogP contribution in [0.25, 0.3) is 22.0 Å². The molecule has 4 aromatic rings. The first kappa shape index (κ1) is 27.9. The van der Waals surface area contributed by atoms with E-state index < -0.39 is 40.2 Å². The number of aromatic nitrogens is 4. The monoisotopic (exact) mass is 602 g/mol. The molecule has 0 radical (unpaired) electrons. The van der Waals surface area contributed by atoms with Gasteiger partial charge < -0.3 is 14.4 Å². The van der Waals surface area contributed by atoms with E-state index in [0.717, 1.165) is 30.0 Å². The summed E-state index contributed by atoms with van der Waals surface area (Å²) in [5.41, 5.74) is -2.51. The van der Waals surface area contributed by atoms with E-state index in [2.05, 4.69) is 16.5 Å². The zero-order valence-corrected chi connectivity index (χ0v) is 22.8. The van der Waals surface area contributed by atoms with Crippen LogP contribution in [-0.4, -0.2) is 61.8 Å². The minimum atomic E-state index is -4.93. The Morgan fingerprint density at radius 1 is 1.12 bits per heavy atom. The number of amides is 1. The van der Waals surface area contributed by atoms with Crippen molar-refractivity contribution in [2.75, 3.05) is 36.8 Å². The number of anilines is 1. The van der Waals surface area contributed by atoms with Gasteiger partial charge in [0.25, 0.3) is 0 Å². The topological polar surface area (TPSA) is 76.3 Å². The predicted octanol–water partition coefficient (Wildman–Crippen LogP) is 4.74. The van der Waals surface area contributed by atoms with Crippen molar-refractivity contribution in [3.63, 3.8) is 0 Å². The molecule has 1 amide bonds. The van der Waals surface area contributed by atoms with E-state index in [4.69, 9.17) is 0 Å². The Kier molecular flexibility index (Phi) is 7.03. The van der Waals surface area contributed by atoms with Gasteiger partial charge in [0.05, 0.1) is 23.4 Å². The third-order valence-electron chi connectivity index (χ3n) is 7.53. The van der Waals surface area contributed by atoms with Crippen LogP contribution in [0.4, 0.5) is 27.8 Å². The van der Waals surface area contributed by atoms with Gasteiger partial charge in [-0.3, -0.25) is 9.36 Å². The number of rotatable bonds is 4. The molecule has 4 heterocycles. The maximum atomic E-state index is 15.2. The minimum absolute atomic E-state index is 0.0502. The SMILES string of the molecule is C=CC(=O)N1CCN(c2nc(=O)n3c4c(c(-c5ccc(F)cc5F)c(C(F)(F)F)cc24)SCC(n2ccnc2)C3)CC1. The highest BCUT2D eigenvalue weighted by molar-refractivity contribution is 7.99. The fourth-order valence-electron chi connectivity index (χ4n) is 5.50. The van der Waals surface area contributed by atoms with Crippen LogP contribution >= 0.6 is 11.8 Å². The lowest BCUT2D eigenvalue weighted by atomic mass is 9.95. The smallest absolute Gasteiger partial charge is 0.352 e. The van der Waals surface area contributed by atoms with Crippen LogP contribution in [0.5, 0.6) is 0 Å². The predicted molar refractivity (Wildman–Crippen MR) is 147 cm³/mol. The van der Waals surface area contributed by atoms with E-state index >= 15 is 4.39 Å². The molecule has 0 N–H and O–H groups in total. The first-order chi connectivity index (χ1) is 20.1. The second-order valence-electron chi connectivity index (χ2n) is 9.97. The Morgan fingerprint density at radius 3 is 2.52 bits per heavy atom. The third-order valence-corrected chi connectivity index (χ3v) is 8.77. The van der Waals surface area contributed by atoms with E-state index in [1.165, 1.54) is 10.6 Å². The molecular weight excluding hydrogens is 579 g/mol. The summed E-state index contributed by atoms with van der Waals surface area (Å²) in [4.78, 5) is 37.3. The van der Waals surface area contributed by atoms with Gasteiger partial charge in [-0.2, -0.15) is 18.2 Å². The van der Waals surface area contributed by atoms with Gasteiger partial charge in [0.2, 0.25) is 5.91 Å². The fourth-order valence-corrected chi connectivity index (χ4v) is 6.86. The minimum Gasteiger partial charge on any atom is -0.352 e. The number of alkyl halides is 3. The van der Waals surface area contributed by atoms with Crippen molar-refractivity contribution in [1.29, 1.82) is 0 Å². The van der Waals surface area contributed by atoms with Gasteiger partial charge in [-0.05, 0) is 24.3 Å². The number of thioether (sulfide) groups is 1. The van der Waals surface area contributed by atoms with Crippen LogP contribution in [0, 0.1) is 11.6 Å². The largest absolute Gasteiger partial charge is 0.417 e. The first-order valence-corrected chi connectivity index (χ1v) is 14.0. The summed E-state index contributed by atoms with van der Waals surface area (Å²) in [6.45, 7) is 4.53. The summed E-state index contributed by atoms with van der Waals surface area (Å²) in [6.07, 6.45) is 1.06. The average molecular weight is 603 g/mol. The maximum absolute atomic E-state index is 15.2. The van der Waals surface area contributed by atoms with Crippen molar-refractivity contribution in [3.05, 3.63) is 83.3 Å². The van der Waals surface area contributed by atoms with E-state index in [1.807, 2.05) is 0 Å². The number of piperazine rings is 1. The Balaban J connectivity index is 1.63. The number of benzene rings is 2. The molecule has 1 unspecified atom stereocenters. The highest BCUT2D eigenvalue weighted by atomic mass is 32.2. The highest BCUT2D eigenvalue weighted by Gasteiger charge is 2.39. The van der Waals surface area contributed by atoms with Gasteiger partial charge in [-0.25, -0.2) is 18.6 Å². The summed E-state index contributed by atoms with van der Waals surface area (Å²) in [5.74, 6) is -2.07. The van der Waals surface area contributed by atoms with Crippen LogP contribution in [0.15, 0.2) is 65.3 Å². The van der Waals surface area contributed by atoms with Crippen molar-refractivity contribution in [2.24, 2.45) is 0 Å². The van der Waals surface area contributed by atoms with Gasteiger partial charge in [0.15, 0.2) is 0 Å². The van der Waals surface area contributed by atoms with Crippen molar-refractivity contribution in [1.82, 2.24) is 24.0 Å². The van der Waals surface area contributed by atoms with Crippen LogP contribution < -0.4 is 10.6 Å². The molecule has 6 rings (SSSR count). The standard InChI is InChI=1S/C28H23F5N6O2S/c1-2-22(40)36-7-9-37(10-8-36)26-19-12-20(28(31,32)33)23(18-4-3-16(29)11-21(18)30)25-24(19)39(27(41)35-26)13-17(14-42-25)38-6-5-34-15-38/h2-6,11-12,15,17H,1,7-10,13-14H2. The van der Waals surface area contributed by atoms with Crippen molar-refractivity contribution < 1.29 is 26.7 Å². The average Bonchev–Trinajstić information content (AvgIpc) is 3.42. The molecule has 0 aliphatic carbocycles. The zero-order chi connectivity index (χ0) is 29.8. The lowest BCUT2D eigenvalue weighted by Crippen LogP contribution is -2.49. The van der Waals surface area contributed by atoms with E-state index in [-0.39, 0.29) is 72.0 Å². The Morgan fingerprint density at radius 2 is 1.88 bits per heavy atom. The molecule has 2 aliphatic rings.